The first-order valence-corrected chi connectivity index (χ1v) is 10.3. The molecule has 9 heteroatoms. The van der Waals surface area contributed by atoms with Gasteiger partial charge in [-0.15, -0.1) is 5.10 Å². The van der Waals surface area contributed by atoms with Gasteiger partial charge in [-0.05, 0) is 42.5 Å². The van der Waals surface area contributed by atoms with E-state index in [2.05, 4.69) is 25.4 Å². The largest absolute Gasteiger partial charge is 0.383 e. The maximum atomic E-state index is 14.0. The van der Waals surface area contributed by atoms with Crippen LogP contribution in [0.2, 0.25) is 0 Å². The van der Waals surface area contributed by atoms with Gasteiger partial charge in [0.2, 0.25) is 5.95 Å². The smallest absolute Gasteiger partial charge is 0.225 e. The predicted octanol–water partition coefficient (Wildman–Crippen LogP) is 4.39. The van der Waals surface area contributed by atoms with Crippen molar-refractivity contribution in [2.45, 2.75) is 6.42 Å². The van der Waals surface area contributed by atoms with Gasteiger partial charge in [-0.1, -0.05) is 24.3 Å². The van der Waals surface area contributed by atoms with Gasteiger partial charge in [-0.25, -0.2) is 18.4 Å². The summed E-state index contributed by atoms with van der Waals surface area (Å²) in [7, 11) is 0. The van der Waals surface area contributed by atoms with E-state index in [0.717, 1.165) is 5.69 Å². The van der Waals surface area contributed by atoms with E-state index >= 15 is 0 Å². The Kier molecular flexibility index (Phi) is 5.35. The first kappa shape index (κ1) is 20.5. The quantitative estimate of drug-likeness (QED) is 0.404. The zero-order valence-corrected chi connectivity index (χ0v) is 17.4. The molecule has 3 aromatic heterocycles. The molecule has 7 nitrogen and oxygen atoms in total. The third-order valence-electron chi connectivity index (χ3n) is 5.11. The molecule has 0 aliphatic rings. The van der Waals surface area contributed by atoms with Crippen molar-refractivity contribution in [3.63, 3.8) is 0 Å². The molecule has 0 bridgehead atoms. The number of benzene rings is 2. The average Bonchev–Trinajstić information content (AvgIpc) is 3.16. The maximum absolute atomic E-state index is 14.0. The second kappa shape index (κ2) is 8.62. The number of fused-ring (bicyclic) bond motifs is 1. The molecule has 2 aromatic carbocycles. The van der Waals surface area contributed by atoms with Crippen LogP contribution in [0.5, 0.6) is 0 Å². The summed E-state index contributed by atoms with van der Waals surface area (Å²) in [5, 5.41) is 8.13. The van der Waals surface area contributed by atoms with Crippen molar-refractivity contribution in [2.24, 2.45) is 0 Å². The van der Waals surface area contributed by atoms with E-state index in [9.17, 15) is 8.78 Å². The molecule has 0 aliphatic carbocycles. The number of rotatable bonds is 6. The standard InChI is InChI=1S/C24H19F2N7/c25-16-6-3-5-15(13-16)21-20-22(27)33(19-9-4-7-17(26)14-19)32-23(20)31-24(30-21)29-12-10-18-8-1-2-11-28-18/h1-9,11,13-14H,10,12,27H2,(H,29,31,32). The number of nitrogens with two attached hydrogens (primary N) is 1. The zero-order valence-electron chi connectivity index (χ0n) is 17.4. The first-order valence-electron chi connectivity index (χ1n) is 10.3. The summed E-state index contributed by atoms with van der Waals surface area (Å²) in [4.78, 5) is 13.4. The van der Waals surface area contributed by atoms with Gasteiger partial charge in [-0.3, -0.25) is 4.98 Å². The van der Waals surface area contributed by atoms with Gasteiger partial charge in [0.1, 0.15) is 17.5 Å². The molecule has 0 spiro atoms. The van der Waals surface area contributed by atoms with Crippen LogP contribution in [0.15, 0.2) is 72.9 Å². The molecule has 5 rings (SSSR count). The number of hydrogen-bond acceptors (Lipinski definition) is 6. The van der Waals surface area contributed by atoms with E-state index in [1.165, 1.54) is 28.9 Å². The first-order chi connectivity index (χ1) is 16.1. The lowest BCUT2D eigenvalue weighted by molar-refractivity contribution is 0.625. The summed E-state index contributed by atoms with van der Waals surface area (Å²) in [5.41, 5.74) is 9.04. The van der Waals surface area contributed by atoms with E-state index < -0.39 is 11.6 Å². The number of hydrogen-bond donors (Lipinski definition) is 2. The van der Waals surface area contributed by atoms with Crippen LogP contribution < -0.4 is 11.1 Å². The number of nitrogens with one attached hydrogen (secondary N) is 1. The number of halogens is 2. The topological polar surface area (TPSA) is 94.5 Å². The monoisotopic (exact) mass is 443 g/mol. The van der Waals surface area contributed by atoms with Gasteiger partial charge in [0.25, 0.3) is 0 Å². The minimum absolute atomic E-state index is 0.231. The second-order valence-corrected chi connectivity index (χ2v) is 7.38. The molecular weight excluding hydrogens is 424 g/mol. The van der Waals surface area contributed by atoms with Crippen molar-refractivity contribution >= 4 is 22.8 Å². The van der Waals surface area contributed by atoms with E-state index in [-0.39, 0.29) is 5.82 Å². The van der Waals surface area contributed by atoms with E-state index in [1.807, 2.05) is 18.2 Å². The Morgan fingerprint density at radius 3 is 2.48 bits per heavy atom. The second-order valence-electron chi connectivity index (χ2n) is 7.38. The highest BCUT2D eigenvalue weighted by Crippen LogP contribution is 2.33. The Balaban J connectivity index is 1.59. The van der Waals surface area contributed by atoms with Crippen LogP contribution in [-0.4, -0.2) is 31.3 Å². The molecule has 0 fully saturated rings. The van der Waals surface area contributed by atoms with E-state index in [0.29, 0.717) is 46.9 Å². The van der Waals surface area contributed by atoms with E-state index in [1.54, 1.807) is 30.5 Å². The fourth-order valence-electron chi connectivity index (χ4n) is 3.59. The van der Waals surface area contributed by atoms with Crippen molar-refractivity contribution in [1.82, 2.24) is 24.7 Å². The van der Waals surface area contributed by atoms with Crippen LogP contribution in [0.25, 0.3) is 28.0 Å². The lowest BCUT2D eigenvalue weighted by Crippen LogP contribution is -2.09. The number of nitrogens with zero attached hydrogens (tertiary/aromatic N) is 5. The average molecular weight is 443 g/mol. The van der Waals surface area contributed by atoms with Crippen LogP contribution in [0, 0.1) is 11.6 Å². The number of nitrogen functional groups attached to an aromatic ring is 1. The van der Waals surface area contributed by atoms with Crippen LogP contribution in [-0.2, 0) is 6.42 Å². The molecule has 0 saturated carbocycles. The summed E-state index contributed by atoms with van der Waals surface area (Å²) < 4.78 is 29.2. The fraction of sp³-hybridized carbons (Fsp3) is 0.0833. The van der Waals surface area contributed by atoms with Gasteiger partial charge in [0.05, 0.1) is 16.8 Å². The molecule has 0 aliphatic heterocycles. The Morgan fingerprint density at radius 2 is 1.73 bits per heavy atom. The summed E-state index contributed by atoms with van der Waals surface area (Å²) in [5.74, 6) is -0.267. The molecule has 33 heavy (non-hydrogen) atoms. The summed E-state index contributed by atoms with van der Waals surface area (Å²) in [6.07, 6.45) is 2.40. The summed E-state index contributed by atoms with van der Waals surface area (Å²) in [6, 6.07) is 17.7. The van der Waals surface area contributed by atoms with Crippen LogP contribution >= 0.6 is 0 Å². The van der Waals surface area contributed by atoms with Crippen LogP contribution in [0.1, 0.15) is 5.69 Å². The Bertz CT molecular complexity index is 1430. The van der Waals surface area contributed by atoms with Crippen molar-refractivity contribution in [3.8, 4) is 16.9 Å². The van der Waals surface area contributed by atoms with Crippen molar-refractivity contribution in [3.05, 3.63) is 90.3 Å². The van der Waals surface area contributed by atoms with Gasteiger partial charge >= 0.3 is 0 Å². The van der Waals surface area contributed by atoms with Crippen molar-refractivity contribution in [1.29, 1.82) is 0 Å². The minimum atomic E-state index is -0.417. The summed E-state index contributed by atoms with van der Waals surface area (Å²) in [6.45, 7) is 0.533. The zero-order chi connectivity index (χ0) is 22.8. The van der Waals surface area contributed by atoms with Gasteiger partial charge < -0.3 is 11.1 Å². The lowest BCUT2D eigenvalue weighted by atomic mass is 10.1. The summed E-state index contributed by atoms with van der Waals surface area (Å²) >= 11 is 0. The fourth-order valence-corrected chi connectivity index (χ4v) is 3.59. The van der Waals surface area contributed by atoms with Crippen molar-refractivity contribution < 1.29 is 8.78 Å². The molecule has 3 heterocycles. The molecule has 0 radical (unpaired) electrons. The van der Waals surface area contributed by atoms with Crippen LogP contribution in [0.4, 0.5) is 20.5 Å². The molecule has 0 unspecified atom stereocenters. The molecular formula is C24H19F2N7. The SMILES string of the molecule is Nc1c2c(-c3cccc(F)c3)nc(NCCc3ccccn3)nc2nn1-c1cccc(F)c1. The number of aromatic nitrogens is 5. The van der Waals surface area contributed by atoms with Gasteiger partial charge in [-0.2, -0.15) is 4.98 Å². The van der Waals surface area contributed by atoms with Crippen LogP contribution in [0.3, 0.4) is 0 Å². The Labute approximate surface area is 188 Å². The highest BCUT2D eigenvalue weighted by Gasteiger charge is 2.19. The molecule has 0 saturated heterocycles. The number of anilines is 2. The van der Waals surface area contributed by atoms with Crippen molar-refractivity contribution in [2.75, 3.05) is 17.6 Å². The lowest BCUT2D eigenvalue weighted by Gasteiger charge is -2.09. The number of pyridine rings is 1. The normalized spacial score (nSPS) is 11.1. The maximum Gasteiger partial charge on any atom is 0.225 e. The Morgan fingerprint density at radius 1 is 0.909 bits per heavy atom. The molecule has 3 N–H and O–H groups in total. The molecule has 164 valence electrons. The molecule has 0 amide bonds. The molecule has 0 atom stereocenters. The predicted molar refractivity (Wildman–Crippen MR) is 123 cm³/mol. The highest BCUT2D eigenvalue weighted by molar-refractivity contribution is 5.99. The third-order valence-corrected chi connectivity index (χ3v) is 5.11. The third kappa shape index (κ3) is 4.20. The van der Waals surface area contributed by atoms with Gasteiger partial charge in [0.15, 0.2) is 5.65 Å². The molecule has 5 aromatic rings. The minimum Gasteiger partial charge on any atom is -0.383 e. The highest BCUT2D eigenvalue weighted by atomic mass is 19.1. The van der Waals surface area contributed by atoms with E-state index in [4.69, 9.17) is 5.73 Å². The van der Waals surface area contributed by atoms with Gasteiger partial charge in [0, 0.05) is 30.4 Å². The Hall–Kier alpha value is -4.40.